The van der Waals surface area contributed by atoms with Crippen LogP contribution < -0.4 is 5.73 Å². The summed E-state index contributed by atoms with van der Waals surface area (Å²) in [6.45, 7) is 9.29. The van der Waals surface area contributed by atoms with Crippen LogP contribution in [0.15, 0.2) is 6.07 Å². The molecule has 3 heteroatoms. The van der Waals surface area contributed by atoms with E-state index in [1.165, 1.54) is 30.7 Å². The van der Waals surface area contributed by atoms with Crippen LogP contribution >= 0.6 is 0 Å². The van der Waals surface area contributed by atoms with Crippen molar-refractivity contribution < 1.29 is 0 Å². The summed E-state index contributed by atoms with van der Waals surface area (Å²) in [5, 5.41) is 4.55. The quantitative estimate of drug-likeness (QED) is 0.895. The van der Waals surface area contributed by atoms with E-state index in [9.17, 15) is 0 Å². The number of aromatic nitrogens is 2. The molecule has 0 radical (unpaired) electrons. The highest BCUT2D eigenvalue weighted by molar-refractivity contribution is 5.14. The van der Waals surface area contributed by atoms with E-state index in [0.29, 0.717) is 5.41 Å². The van der Waals surface area contributed by atoms with Gasteiger partial charge in [0.15, 0.2) is 0 Å². The molecular formula is C18H33N3. The smallest absolute Gasteiger partial charge is 0.0624 e. The molecule has 0 unspecified atom stereocenters. The number of rotatable bonds is 5. The van der Waals surface area contributed by atoms with Gasteiger partial charge in [-0.1, -0.05) is 34.1 Å². The first kappa shape index (κ1) is 16.5. The summed E-state index contributed by atoms with van der Waals surface area (Å²) in [7, 11) is 2.05. The highest BCUT2D eigenvalue weighted by Gasteiger charge is 2.37. The summed E-state index contributed by atoms with van der Waals surface area (Å²) in [6.07, 6.45) is 8.07. The number of hydrogen-bond acceptors (Lipinski definition) is 2. The van der Waals surface area contributed by atoms with Gasteiger partial charge in [0, 0.05) is 24.7 Å². The van der Waals surface area contributed by atoms with Gasteiger partial charge in [-0.05, 0) is 49.5 Å². The lowest BCUT2D eigenvalue weighted by molar-refractivity contribution is 0.114. The molecule has 3 nitrogen and oxygen atoms in total. The molecule has 1 aromatic heterocycles. The number of nitrogens with zero attached hydrogens (tertiary/aromatic N) is 2. The van der Waals surface area contributed by atoms with Crippen molar-refractivity contribution in [1.82, 2.24) is 9.78 Å². The van der Waals surface area contributed by atoms with Gasteiger partial charge in [-0.15, -0.1) is 0 Å². The third kappa shape index (κ3) is 3.68. The van der Waals surface area contributed by atoms with Crippen LogP contribution in [0.4, 0.5) is 0 Å². The lowest BCUT2D eigenvalue weighted by atomic mass is 9.65. The Kier molecular flexibility index (Phi) is 4.82. The van der Waals surface area contributed by atoms with E-state index in [0.717, 1.165) is 31.6 Å². The molecule has 2 rings (SSSR count). The Morgan fingerprint density at radius 3 is 2.43 bits per heavy atom. The van der Waals surface area contributed by atoms with Crippen molar-refractivity contribution in [3.05, 3.63) is 17.5 Å². The molecule has 1 aromatic rings. The van der Waals surface area contributed by atoms with Crippen LogP contribution in [0.1, 0.15) is 71.2 Å². The van der Waals surface area contributed by atoms with Crippen molar-refractivity contribution in [2.45, 2.75) is 78.2 Å². The maximum atomic E-state index is 6.72. The van der Waals surface area contributed by atoms with Crippen LogP contribution in [0, 0.1) is 11.3 Å². The van der Waals surface area contributed by atoms with E-state index in [4.69, 9.17) is 5.73 Å². The lowest BCUT2D eigenvalue weighted by Crippen LogP contribution is -2.47. The Labute approximate surface area is 130 Å². The van der Waals surface area contributed by atoms with Crippen LogP contribution in [0.3, 0.4) is 0 Å². The van der Waals surface area contributed by atoms with Crippen LogP contribution in [0.25, 0.3) is 0 Å². The van der Waals surface area contributed by atoms with E-state index in [1.54, 1.807) is 0 Å². The molecule has 0 spiro atoms. The monoisotopic (exact) mass is 291 g/mol. The zero-order chi connectivity index (χ0) is 15.7. The molecule has 0 aliphatic heterocycles. The zero-order valence-corrected chi connectivity index (χ0v) is 14.6. The minimum absolute atomic E-state index is 0.0286. The first-order chi connectivity index (χ1) is 9.79. The van der Waals surface area contributed by atoms with Crippen LogP contribution in [-0.2, 0) is 19.9 Å². The molecular weight excluding hydrogens is 258 g/mol. The summed E-state index contributed by atoms with van der Waals surface area (Å²) in [5.41, 5.74) is 9.62. The van der Waals surface area contributed by atoms with Crippen molar-refractivity contribution in [3.8, 4) is 0 Å². The van der Waals surface area contributed by atoms with Gasteiger partial charge in [-0.3, -0.25) is 4.68 Å². The van der Waals surface area contributed by atoms with Gasteiger partial charge in [0.2, 0.25) is 0 Å². The standard InChI is InChI=1S/C18H33N3/c1-6-15-12-16(21(5)20-15)13-18(19)10-8-14(9-11-18)17(3,4)7-2/h12,14H,6-11,13,19H2,1-5H3. The maximum absolute atomic E-state index is 6.72. The van der Waals surface area contributed by atoms with Crippen molar-refractivity contribution in [1.29, 1.82) is 0 Å². The SMILES string of the molecule is CCc1cc(CC2(N)CCC(C(C)(C)CC)CC2)n(C)n1. The van der Waals surface area contributed by atoms with E-state index >= 15 is 0 Å². The Balaban J connectivity index is 2.00. The fraction of sp³-hybridized carbons (Fsp3) is 0.833. The minimum atomic E-state index is -0.0286. The number of nitrogens with two attached hydrogens (primary N) is 1. The zero-order valence-electron chi connectivity index (χ0n) is 14.6. The third-order valence-corrected chi connectivity index (χ3v) is 5.92. The van der Waals surface area contributed by atoms with Crippen molar-refractivity contribution in [3.63, 3.8) is 0 Å². The van der Waals surface area contributed by atoms with E-state index in [1.807, 2.05) is 11.7 Å². The van der Waals surface area contributed by atoms with Gasteiger partial charge >= 0.3 is 0 Å². The van der Waals surface area contributed by atoms with Crippen LogP contribution in [-0.4, -0.2) is 15.3 Å². The number of hydrogen-bond donors (Lipinski definition) is 1. The summed E-state index contributed by atoms with van der Waals surface area (Å²) < 4.78 is 2.02. The Bertz CT molecular complexity index is 465. The summed E-state index contributed by atoms with van der Waals surface area (Å²) in [6, 6.07) is 2.23. The summed E-state index contributed by atoms with van der Waals surface area (Å²) >= 11 is 0. The van der Waals surface area contributed by atoms with Crippen molar-refractivity contribution in [2.24, 2.45) is 24.1 Å². The molecule has 1 aliphatic carbocycles. The predicted octanol–water partition coefficient (Wildman–Crippen LogP) is 3.85. The molecule has 0 saturated heterocycles. The van der Waals surface area contributed by atoms with Gasteiger partial charge < -0.3 is 5.73 Å². The lowest BCUT2D eigenvalue weighted by Gasteiger charge is -2.43. The van der Waals surface area contributed by atoms with E-state index in [-0.39, 0.29) is 5.54 Å². The first-order valence-electron chi connectivity index (χ1n) is 8.60. The van der Waals surface area contributed by atoms with E-state index < -0.39 is 0 Å². The minimum Gasteiger partial charge on any atom is -0.325 e. The second kappa shape index (κ2) is 6.12. The van der Waals surface area contributed by atoms with Gasteiger partial charge in [-0.2, -0.15) is 5.10 Å². The van der Waals surface area contributed by atoms with Crippen LogP contribution in [0.2, 0.25) is 0 Å². The van der Waals surface area contributed by atoms with Crippen molar-refractivity contribution >= 4 is 0 Å². The largest absolute Gasteiger partial charge is 0.325 e. The van der Waals surface area contributed by atoms with Gasteiger partial charge in [0.1, 0.15) is 0 Å². The average Bonchev–Trinajstić information content (AvgIpc) is 2.79. The predicted molar refractivity (Wildman–Crippen MR) is 89.2 cm³/mol. The molecule has 21 heavy (non-hydrogen) atoms. The molecule has 0 aromatic carbocycles. The fourth-order valence-electron chi connectivity index (χ4n) is 3.71. The third-order valence-electron chi connectivity index (χ3n) is 5.92. The molecule has 0 atom stereocenters. The van der Waals surface area contributed by atoms with Gasteiger partial charge in [-0.25, -0.2) is 0 Å². The van der Waals surface area contributed by atoms with Crippen molar-refractivity contribution in [2.75, 3.05) is 0 Å². The molecule has 1 heterocycles. The molecule has 1 saturated carbocycles. The first-order valence-corrected chi connectivity index (χ1v) is 8.60. The Morgan fingerprint density at radius 2 is 1.95 bits per heavy atom. The highest BCUT2D eigenvalue weighted by atomic mass is 15.3. The Hall–Kier alpha value is -0.830. The second-order valence-electron chi connectivity index (χ2n) is 7.76. The van der Waals surface area contributed by atoms with E-state index in [2.05, 4.69) is 38.9 Å². The van der Waals surface area contributed by atoms with Gasteiger partial charge in [0.25, 0.3) is 0 Å². The molecule has 0 bridgehead atoms. The normalized spacial score (nSPS) is 27.0. The fourth-order valence-corrected chi connectivity index (χ4v) is 3.71. The molecule has 120 valence electrons. The second-order valence-corrected chi connectivity index (χ2v) is 7.76. The molecule has 1 fully saturated rings. The molecule has 1 aliphatic rings. The van der Waals surface area contributed by atoms with Crippen LogP contribution in [0.5, 0.6) is 0 Å². The molecule has 0 amide bonds. The summed E-state index contributed by atoms with van der Waals surface area (Å²) in [5.74, 6) is 0.830. The highest BCUT2D eigenvalue weighted by Crippen LogP contribution is 2.43. The summed E-state index contributed by atoms with van der Waals surface area (Å²) in [4.78, 5) is 0. The molecule has 2 N–H and O–H groups in total. The van der Waals surface area contributed by atoms with Gasteiger partial charge in [0.05, 0.1) is 5.69 Å². The number of aryl methyl sites for hydroxylation is 2. The topological polar surface area (TPSA) is 43.8 Å². The maximum Gasteiger partial charge on any atom is 0.0624 e. The Morgan fingerprint density at radius 1 is 1.33 bits per heavy atom. The average molecular weight is 291 g/mol.